The van der Waals surface area contributed by atoms with Gasteiger partial charge in [0, 0.05) is 9.61 Å². The molecular weight excluding hydrogens is 335 g/mol. The monoisotopic (exact) mass is 352 g/mol. The first-order chi connectivity index (χ1) is 7.63. The largest absolute Gasteiger partial charge is 0.271 e. The second-order valence-corrected chi connectivity index (χ2v) is 5.46. The van der Waals surface area contributed by atoms with Gasteiger partial charge in [-0.25, -0.2) is 0 Å². The lowest BCUT2D eigenvalue weighted by atomic mass is 9.89. The standard InChI is InChI=1S/C12H18ClIN2/c1-3-8(4-2)12(16-15)9-5-6-11(14)10(13)7-9/h5-8,12,16H,3-4,15H2,1-2H3. The maximum atomic E-state index is 6.13. The molecular formula is C12H18ClIN2. The average molecular weight is 353 g/mol. The van der Waals surface area contributed by atoms with Crippen LogP contribution in [0.1, 0.15) is 38.3 Å². The lowest BCUT2D eigenvalue weighted by Crippen LogP contribution is -2.33. The van der Waals surface area contributed by atoms with Gasteiger partial charge in [-0.05, 0) is 46.2 Å². The Morgan fingerprint density at radius 2 is 2.00 bits per heavy atom. The molecule has 0 aliphatic rings. The van der Waals surface area contributed by atoms with Crippen molar-refractivity contribution in [2.24, 2.45) is 11.8 Å². The van der Waals surface area contributed by atoms with Crippen LogP contribution in [0.2, 0.25) is 5.02 Å². The van der Waals surface area contributed by atoms with Crippen LogP contribution in [-0.2, 0) is 0 Å². The first-order valence-corrected chi connectivity index (χ1v) is 7.00. The lowest BCUT2D eigenvalue weighted by molar-refractivity contribution is 0.345. The van der Waals surface area contributed by atoms with Crippen LogP contribution in [0.25, 0.3) is 0 Å². The third-order valence-electron chi connectivity index (χ3n) is 3.00. The Bertz CT molecular complexity index is 340. The number of benzene rings is 1. The molecule has 1 rings (SSSR count). The molecule has 0 saturated carbocycles. The van der Waals surface area contributed by atoms with E-state index in [1.54, 1.807) is 0 Å². The van der Waals surface area contributed by atoms with Crippen molar-refractivity contribution in [2.45, 2.75) is 32.7 Å². The number of hydrogen-bond donors (Lipinski definition) is 2. The molecule has 90 valence electrons. The van der Waals surface area contributed by atoms with Crippen LogP contribution in [0.4, 0.5) is 0 Å². The van der Waals surface area contributed by atoms with E-state index in [2.05, 4.69) is 47.9 Å². The van der Waals surface area contributed by atoms with Gasteiger partial charge in [0.1, 0.15) is 0 Å². The molecule has 3 N–H and O–H groups in total. The summed E-state index contributed by atoms with van der Waals surface area (Å²) in [6.07, 6.45) is 2.21. The third-order valence-corrected chi connectivity index (χ3v) is 4.57. The number of hydrogen-bond acceptors (Lipinski definition) is 2. The lowest BCUT2D eigenvalue weighted by Gasteiger charge is -2.25. The summed E-state index contributed by atoms with van der Waals surface area (Å²) in [5.41, 5.74) is 4.07. The molecule has 0 heterocycles. The first-order valence-electron chi connectivity index (χ1n) is 5.55. The Morgan fingerprint density at radius 3 is 2.44 bits per heavy atom. The summed E-state index contributed by atoms with van der Waals surface area (Å²) >= 11 is 8.36. The number of nitrogens with one attached hydrogen (secondary N) is 1. The fourth-order valence-corrected chi connectivity index (χ4v) is 2.49. The minimum atomic E-state index is 0.185. The van der Waals surface area contributed by atoms with Gasteiger partial charge < -0.3 is 0 Å². The van der Waals surface area contributed by atoms with E-state index in [1.807, 2.05) is 12.1 Å². The summed E-state index contributed by atoms with van der Waals surface area (Å²) in [6.45, 7) is 4.37. The van der Waals surface area contributed by atoms with Gasteiger partial charge in [-0.2, -0.15) is 0 Å². The van der Waals surface area contributed by atoms with E-state index in [1.165, 1.54) is 5.56 Å². The number of nitrogens with two attached hydrogens (primary N) is 1. The van der Waals surface area contributed by atoms with Gasteiger partial charge in [0.15, 0.2) is 0 Å². The summed E-state index contributed by atoms with van der Waals surface area (Å²) in [5, 5.41) is 0.796. The SMILES string of the molecule is CCC(CC)C(NN)c1ccc(I)c(Cl)c1. The zero-order valence-corrected chi connectivity index (χ0v) is 12.5. The molecule has 0 amide bonds. The molecule has 0 radical (unpaired) electrons. The predicted molar refractivity (Wildman–Crippen MR) is 78.3 cm³/mol. The van der Waals surface area contributed by atoms with Crippen LogP contribution in [0.3, 0.4) is 0 Å². The Hall–Kier alpha value is 0.160. The summed E-state index contributed by atoms with van der Waals surface area (Å²) in [4.78, 5) is 0. The maximum absolute atomic E-state index is 6.13. The van der Waals surface area contributed by atoms with Crippen molar-refractivity contribution in [3.05, 3.63) is 32.4 Å². The minimum Gasteiger partial charge on any atom is -0.271 e. The molecule has 0 fully saturated rings. The van der Waals surface area contributed by atoms with Crippen LogP contribution < -0.4 is 11.3 Å². The second-order valence-electron chi connectivity index (χ2n) is 3.89. The molecule has 2 nitrogen and oxygen atoms in total. The number of hydrazine groups is 1. The third kappa shape index (κ3) is 3.32. The van der Waals surface area contributed by atoms with Crippen molar-refractivity contribution in [1.29, 1.82) is 0 Å². The number of rotatable bonds is 5. The van der Waals surface area contributed by atoms with Crippen LogP contribution in [0, 0.1) is 9.49 Å². The Labute approximate surface area is 116 Å². The van der Waals surface area contributed by atoms with Crippen molar-refractivity contribution in [3.63, 3.8) is 0 Å². The van der Waals surface area contributed by atoms with E-state index in [0.29, 0.717) is 5.92 Å². The highest BCUT2D eigenvalue weighted by atomic mass is 127. The highest BCUT2D eigenvalue weighted by Crippen LogP contribution is 2.29. The molecule has 1 aromatic rings. The second kappa shape index (κ2) is 6.79. The van der Waals surface area contributed by atoms with Gasteiger partial charge in [0.2, 0.25) is 0 Å². The molecule has 0 saturated heterocycles. The Balaban J connectivity index is 2.98. The zero-order valence-electron chi connectivity index (χ0n) is 9.63. The smallest absolute Gasteiger partial charge is 0.0542 e. The van der Waals surface area contributed by atoms with E-state index in [0.717, 1.165) is 21.4 Å². The minimum absolute atomic E-state index is 0.185. The molecule has 1 unspecified atom stereocenters. The van der Waals surface area contributed by atoms with E-state index in [-0.39, 0.29) is 6.04 Å². The molecule has 0 aliphatic carbocycles. The molecule has 0 aliphatic heterocycles. The zero-order chi connectivity index (χ0) is 12.1. The number of halogens is 2. The Kier molecular flexibility index (Phi) is 6.03. The van der Waals surface area contributed by atoms with Gasteiger partial charge in [-0.15, -0.1) is 0 Å². The van der Waals surface area contributed by atoms with Gasteiger partial charge in [-0.3, -0.25) is 11.3 Å². The molecule has 4 heteroatoms. The van der Waals surface area contributed by atoms with Crippen molar-refractivity contribution < 1.29 is 0 Å². The maximum Gasteiger partial charge on any atom is 0.0542 e. The van der Waals surface area contributed by atoms with Crippen LogP contribution in [-0.4, -0.2) is 0 Å². The summed E-state index contributed by atoms with van der Waals surface area (Å²) in [6, 6.07) is 6.32. The van der Waals surface area contributed by atoms with Crippen LogP contribution in [0.5, 0.6) is 0 Å². The quantitative estimate of drug-likeness (QED) is 0.479. The van der Waals surface area contributed by atoms with E-state index in [4.69, 9.17) is 17.4 Å². The van der Waals surface area contributed by atoms with Gasteiger partial charge in [0.05, 0.1) is 5.02 Å². The summed E-state index contributed by atoms with van der Waals surface area (Å²) < 4.78 is 1.07. The van der Waals surface area contributed by atoms with Crippen molar-refractivity contribution in [1.82, 2.24) is 5.43 Å². The van der Waals surface area contributed by atoms with Gasteiger partial charge in [0.25, 0.3) is 0 Å². The van der Waals surface area contributed by atoms with Crippen LogP contribution >= 0.6 is 34.2 Å². The van der Waals surface area contributed by atoms with Crippen molar-refractivity contribution in [3.8, 4) is 0 Å². The van der Waals surface area contributed by atoms with E-state index in [9.17, 15) is 0 Å². The summed E-state index contributed by atoms with van der Waals surface area (Å²) in [7, 11) is 0. The Morgan fingerprint density at radius 1 is 1.38 bits per heavy atom. The molecule has 0 spiro atoms. The van der Waals surface area contributed by atoms with Crippen molar-refractivity contribution >= 4 is 34.2 Å². The highest BCUT2D eigenvalue weighted by Gasteiger charge is 2.19. The topological polar surface area (TPSA) is 38.0 Å². The van der Waals surface area contributed by atoms with Gasteiger partial charge in [-0.1, -0.05) is 44.4 Å². The first kappa shape index (κ1) is 14.2. The molecule has 1 atom stereocenters. The fourth-order valence-electron chi connectivity index (χ4n) is 1.97. The fraction of sp³-hybridized carbons (Fsp3) is 0.500. The van der Waals surface area contributed by atoms with E-state index < -0.39 is 0 Å². The molecule has 16 heavy (non-hydrogen) atoms. The van der Waals surface area contributed by atoms with E-state index >= 15 is 0 Å². The molecule has 0 aromatic heterocycles. The summed E-state index contributed by atoms with van der Waals surface area (Å²) in [5.74, 6) is 6.19. The predicted octanol–water partition coefficient (Wildman–Crippen LogP) is 3.89. The van der Waals surface area contributed by atoms with Crippen LogP contribution in [0.15, 0.2) is 18.2 Å². The van der Waals surface area contributed by atoms with Crippen molar-refractivity contribution in [2.75, 3.05) is 0 Å². The normalized spacial score (nSPS) is 13.1. The average Bonchev–Trinajstić information content (AvgIpc) is 2.29. The van der Waals surface area contributed by atoms with Gasteiger partial charge >= 0.3 is 0 Å². The molecule has 1 aromatic carbocycles. The molecule has 0 bridgehead atoms. The highest BCUT2D eigenvalue weighted by molar-refractivity contribution is 14.1.